The largest absolute Gasteiger partial charge is 0.361 e. The van der Waals surface area contributed by atoms with Crippen LogP contribution in [-0.4, -0.2) is 28.2 Å². The topological polar surface area (TPSA) is 53.2 Å². The fourth-order valence-electron chi connectivity index (χ4n) is 4.06. The average Bonchev–Trinajstić information content (AvgIpc) is 3.36. The Labute approximate surface area is 195 Å². The van der Waals surface area contributed by atoms with Gasteiger partial charge in [0.05, 0.1) is 10.5 Å². The second kappa shape index (κ2) is 9.08. The molecule has 0 fully saturated rings. The van der Waals surface area contributed by atoms with Crippen LogP contribution in [0.15, 0.2) is 90.0 Å². The van der Waals surface area contributed by atoms with Crippen LogP contribution in [0, 0.1) is 5.82 Å². The van der Waals surface area contributed by atoms with E-state index in [-0.39, 0.29) is 24.2 Å². The van der Waals surface area contributed by atoms with Crippen LogP contribution < -0.4 is 0 Å². The number of hydrogen-bond acceptors (Lipinski definition) is 3. The summed E-state index contributed by atoms with van der Waals surface area (Å²) in [5, 5.41) is 1.09. The molecule has 1 aliphatic rings. The molecule has 33 heavy (non-hydrogen) atoms. The van der Waals surface area contributed by atoms with E-state index in [4.69, 9.17) is 0 Å². The molecule has 2 amide bonds. The summed E-state index contributed by atoms with van der Waals surface area (Å²) in [6, 6.07) is 23.5. The third kappa shape index (κ3) is 4.22. The van der Waals surface area contributed by atoms with E-state index in [1.807, 2.05) is 60.8 Å². The lowest BCUT2D eigenvalue weighted by molar-refractivity contribution is -0.136. The van der Waals surface area contributed by atoms with Gasteiger partial charge in [-0.25, -0.2) is 4.39 Å². The molecule has 0 aliphatic carbocycles. The van der Waals surface area contributed by atoms with Gasteiger partial charge in [0.15, 0.2) is 0 Å². The first kappa shape index (κ1) is 21.2. The van der Waals surface area contributed by atoms with Gasteiger partial charge in [0.1, 0.15) is 5.82 Å². The van der Waals surface area contributed by atoms with E-state index in [9.17, 15) is 14.0 Å². The number of nitrogens with one attached hydrogen (secondary N) is 1. The Morgan fingerprint density at radius 3 is 2.36 bits per heavy atom. The fraction of sp³-hybridized carbons (Fsp3) is 0.111. The number of rotatable bonds is 7. The molecule has 0 unspecified atom stereocenters. The molecule has 164 valence electrons. The predicted octanol–water partition coefficient (Wildman–Crippen LogP) is 5.56. The first-order valence-corrected chi connectivity index (χ1v) is 11.7. The Hall–Kier alpha value is -3.64. The molecule has 3 aromatic carbocycles. The zero-order valence-electron chi connectivity index (χ0n) is 17.8. The summed E-state index contributed by atoms with van der Waals surface area (Å²) in [5.74, 6) is -0.441. The van der Waals surface area contributed by atoms with Crippen LogP contribution in [0.4, 0.5) is 4.39 Å². The van der Waals surface area contributed by atoms with Gasteiger partial charge in [-0.05, 0) is 41.3 Å². The second-order valence-corrected chi connectivity index (χ2v) is 8.84. The summed E-state index contributed by atoms with van der Waals surface area (Å²) in [5.41, 5.74) is 4.04. The number of imide groups is 1. The third-order valence-electron chi connectivity index (χ3n) is 5.76. The van der Waals surface area contributed by atoms with E-state index in [2.05, 4.69) is 4.98 Å². The summed E-state index contributed by atoms with van der Waals surface area (Å²) >= 11 is 1.35. The van der Waals surface area contributed by atoms with E-state index >= 15 is 0 Å². The monoisotopic (exact) mass is 456 g/mol. The Bertz CT molecular complexity index is 1360. The standard InChI is InChI=1S/C27H21FN2O2S/c28-21-12-10-19(11-13-21)24-25(33-17-18-6-2-1-3-7-18)27(32)30(26(24)31)15-14-20-16-29-23-9-5-4-8-22(20)23/h1-13,16,29H,14-15,17H2. The van der Waals surface area contributed by atoms with E-state index in [1.165, 1.54) is 28.8 Å². The van der Waals surface area contributed by atoms with Crippen LogP contribution in [0.2, 0.25) is 0 Å². The number of aromatic amines is 1. The van der Waals surface area contributed by atoms with E-state index < -0.39 is 0 Å². The zero-order chi connectivity index (χ0) is 22.8. The maximum atomic E-state index is 13.5. The molecule has 4 nitrogen and oxygen atoms in total. The minimum absolute atomic E-state index is 0.277. The van der Waals surface area contributed by atoms with Gasteiger partial charge in [0, 0.05) is 29.4 Å². The van der Waals surface area contributed by atoms with Crippen LogP contribution in [-0.2, 0) is 21.8 Å². The number of halogens is 1. The van der Waals surface area contributed by atoms with Gasteiger partial charge in [-0.3, -0.25) is 14.5 Å². The normalized spacial score (nSPS) is 14.0. The molecule has 1 N–H and O–H groups in total. The maximum Gasteiger partial charge on any atom is 0.268 e. The number of carbonyl (C=O) groups excluding carboxylic acids is 2. The molecule has 4 aromatic rings. The minimum atomic E-state index is -0.384. The first-order chi connectivity index (χ1) is 16.1. The van der Waals surface area contributed by atoms with E-state index in [0.29, 0.717) is 28.2 Å². The van der Waals surface area contributed by atoms with Crippen molar-refractivity contribution in [3.8, 4) is 0 Å². The van der Waals surface area contributed by atoms with Gasteiger partial charge in [0.2, 0.25) is 0 Å². The van der Waals surface area contributed by atoms with Gasteiger partial charge in [0.25, 0.3) is 11.8 Å². The molecule has 0 saturated carbocycles. The molecule has 6 heteroatoms. The number of aromatic nitrogens is 1. The fourth-order valence-corrected chi connectivity index (χ4v) is 5.15. The minimum Gasteiger partial charge on any atom is -0.361 e. The Balaban J connectivity index is 1.42. The van der Waals surface area contributed by atoms with Crippen LogP contribution in [0.25, 0.3) is 16.5 Å². The SMILES string of the molecule is O=C1C(SCc2ccccc2)=C(c2ccc(F)cc2)C(=O)N1CCc1c[nH]c2ccccc12. The molecule has 2 heterocycles. The molecule has 0 saturated heterocycles. The number of amides is 2. The average molecular weight is 457 g/mol. The highest BCUT2D eigenvalue weighted by Crippen LogP contribution is 2.37. The number of hydrogen-bond donors (Lipinski definition) is 1. The quantitative estimate of drug-likeness (QED) is 0.370. The van der Waals surface area contributed by atoms with Gasteiger partial charge in [-0.1, -0.05) is 60.7 Å². The van der Waals surface area contributed by atoms with Crippen molar-refractivity contribution in [1.82, 2.24) is 9.88 Å². The van der Waals surface area contributed by atoms with Crippen molar-refractivity contribution in [1.29, 1.82) is 0 Å². The van der Waals surface area contributed by atoms with Crippen molar-refractivity contribution in [3.05, 3.63) is 112 Å². The Kier molecular flexibility index (Phi) is 5.84. The summed E-state index contributed by atoms with van der Waals surface area (Å²) in [6.07, 6.45) is 2.48. The van der Waals surface area contributed by atoms with Crippen LogP contribution in [0.1, 0.15) is 16.7 Å². The number of fused-ring (bicyclic) bond motifs is 1. The highest BCUT2D eigenvalue weighted by atomic mass is 32.2. The summed E-state index contributed by atoms with van der Waals surface area (Å²) < 4.78 is 13.5. The summed E-state index contributed by atoms with van der Waals surface area (Å²) in [4.78, 5) is 31.7. The Morgan fingerprint density at radius 1 is 0.848 bits per heavy atom. The number of para-hydroxylation sites is 1. The number of nitrogens with zero attached hydrogens (tertiary/aromatic N) is 1. The zero-order valence-corrected chi connectivity index (χ0v) is 18.6. The van der Waals surface area contributed by atoms with E-state index in [1.54, 1.807) is 12.1 Å². The van der Waals surface area contributed by atoms with Crippen LogP contribution in [0.5, 0.6) is 0 Å². The second-order valence-electron chi connectivity index (χ2n) is 7.86. The highest BCUT2D eigenvalue weighted by molar-refractivity contribution is 8.03. The van der Waals surface area contributed by atoms with Crippen molar-refractivity contribution in [2.45, 2.75) is 12.2 Å². The third-order valence-corrected chi connectivity index (χ3v) is 6.91. The van der Waals surface area contributed by atoms with Crippen molar-refractivity contribution >= 4 is 40.1 Å². The molecule has 0 bridgehead atoms. The van der Waals surface area contributed by atoms with Gasteiger partial charge < -0.3 is 4.98 Å². The van der Waals surface area contributed by atoms with Gasteiger partial charge in [-0.15, -0.1) is 11.8 Å². The van der Waals surface area contributed by atoms with Crippen molar-refractivity contribution in [3.63, 3.8) is 0 Å². The van der Waals surface area contributed by atoms with Crippen LogP contribution >= 0.6 is 11.8 Å². The van der Waals surface area contributed by atoms with Crippen LogP contribution in [0.3, 0.4) is 0 Å². The van der Waals surface area contributed by atoms with Crippen molar-refractivity contribution in [2.24, 2.45) is 0 Å². The maximum absolute atomic E-state index is 13.5. The van der Waals surface area contributed by atoms with Gasteiger partial charge in [-0.2, -0.15) is 0 Å². The molecule has 5 rings (SSSR count). The Morgan fingerprint density at radius 2 is 1.58 bits per heavy atom. The number of thioether (sulfide) groups is 1. The number of H-pyrrole nitrogens is 1. The number of benzene rings is 3. The molecular formula is C27H21FN2O2S. The number of carbonyl (C=O) groups is 2. The van der Waals surface area contributed by atoms with E-state index in [0.717, 1.165) is 22.0 Å². The van der Waals surface area contributed by atoms with Crippen molar-refractivity contribution < 1.29 is 14.0 Å². The first-order valence-electron chi connectivity index (χ1n) is 10.7. The lowest BCUT2D eigenvalue weighted by Crippen LogP contribution is -2.33. The highest BCUT2D eigenvalue weighted by Gasteiger charge is 2.38. The molecular weight excluding hydrogens is 435 g/mol. The molecule has 0 atom stereocenters. The molecule has 0 spiro atoms. The van der Waals surface area contributed by atoms with Gasteiger partial charge >= 0.3 is 0 Å². The summed E-state index contributed by atoms with van der Waals surface area (Å²) in [6.45, 7) is 0.277. The summed E-state index contributed by atoms with van der Waals surface area (Å²) in [7, 11) is 0. The van der Waals surface area contributed by atoms with Crippen molar-refractivity contribution in [2.75, 3.05) is 6.54 Å². The predicted molar refractivity (Wildman–Crippen MR) is 130 cm³/mol. The molecule has 1 aromatic heterocycles. The smallest absolute Gasteiger partial charge is 0.268 e. The molecule has 1 aliphatic heterocycles. The molecule has 0 radical (unpaired) electrons. The lowest BCUT2D eigenvalue weighted by Gasteiger charge is -2.15. The lowest BCUT2D eigenvalue weighted by atomic mass is 10.1.